The van der Waals surface area contributed by atoms with Crippen molar-refractivity contribution in [3.05, 3.63) is 28.8 Å². The number of rotatable bonds is 8. The van der Waals surface area contributed by atoms with Crippen molar-refractivity contribution >= 4 is 17.3 Å². The van der Waals surface area contributed by atoms with Gasteiger partial charge in [-0.3, -0.25) is 0 Å². The normalized spacial score (nSPS) is 14.8. The Morgan fingerprint density at radius 2 is 2.10 bits per heavy atom. The van der Waals surface area contributed by atoms with Gasteiger partial charge in [-0.2, -0.15) is 0 Å². The maximum Gasteiger partial charge on any atom is 0.0642 e. The van der Waals surface area contributed by atoms with Gasteiger partial charge < -0.3 is 10.2 Å². The molecule has 1 fully saturated rings. The zero-order chi connectivity index (χ0) is 14.5. The Kier molecular flexibility index (Phi) is 5.74. The highest BCUT2D eigenvalue weighted by molar-refractivity contribution is 6.33. The largest absolute Gasteiger partial charge is 0.368 e. The predicted molar refractivity (Wildman–Crippen MR) is 88.7 cm³/mol. The molecular formula is C17H27ClN2. The maximum absolute atomic E-state index is 6.52. The minimum absolute atomic E-state index is 0.497. The van der Waals surface area contributed by atoms with Gasteiger partial charge in [0.1, 0.15) is 0 Å². The van der Waals surface area contributed by atoms with Gasteiger partial charge in [-0.25, -0.2) is 0 Å². The van der Waals surface area contributed by atoms with Gasteiger partial charge in [0.25, 0.3) is 0 Å². The second-order valence-electron chi connectivity index (χ2n) is 6.15. The van der Waals surface area contributed by atoms with Gasteiger partial charge in [0, 0.05) is 19.1 Å². The summed E-state index contributed by atoms with van der Waals surface area (Å²) in [4.78, 5) is 2.45. The molecule has 0 aliphatic heterocycles. The van der Waals surface area contributed by atoms with Crippen LogP contribution >= 0.6 is 11.6 Å². The average Bonchev–Trinajstić information content (AvgIpc) is 3.21. The van der Waals surface area contributed by atoms with Gasteiger partial charge >= 0.3 is 0 Å². The van der Waals surface area contributed by atoms with E-state index in [9.17, 15) is 0 Å². The Labute approximate surface area is 128 Å². The van der Waals surface area contributed by atoms with Crippen molar-refractivity contribution in [3.63, 3.8) is 0 Å². The molecule has 0 atom stereocenters. The van der Waals surface area contributed by atoms with E-state index in [-0.39, 0.29) is 0 Å². The number of nitrogens with one attached hydrogen (secondary N) is 1. The molecule has 1 aromatic rings. The molecule has 0 bridgehead atoms. The Morgan fingerprint density at radius 1 is 1.35 bits per heavy atom. The predicted octanol–water partition coefficient (Wildman–Crippen LogP) is 4.46. The van der Waals surface area contributed by atoms with Crippen LogP contribution in [0.3, 0.4) is 0 Å². The number of halogens is 1. The first-order valence-corrected chi connectivity index (χ1v) is 8.25. The Hall–Kier alpha value is -0.730. The van der Waals surface area contributed by atoms with Gasteiger partial charge in [-0.1, -0.05) is 24.6 Å². The molecule has 0 unspecified atom stereocenters. The van der Waals surface area contributed by atoms with Crippen LogP contribution in [-0.2, 0) is 6.54 Å². The van der Waals surface area contributed by atoms with Gasteiger partial charge in [0.05, 0.1) is 10.7 Å². The smallest absolute Gasteiger partial charge is 0.0642 e. The van der Waals surface area contributed by atoms with Crippen molar-refractivity contribution in [1.82, 2.24) is 5.32 Å². The fraction of sp³-hybridized carbons (Fsp3) is 0.647. The van der Waals surface area contributed by atoms with E-state index in [4.69, 9.17) is 11.6 Å². The zero-order valence-electron chi connectivity index (χ0n) is 13.0. The van der Waals surface area contributed by atoms with Crippen LogP contribution in [0.15, 0.2) is 18.2 Å². The first-order chi connectivity index (χ1) is 9.61. The first kappa shape index (κ1) is 15.7. The molecule has 20 heavy (non-hydrogen) atoms. The molecule has 2 nitrogen and oxygen atoms in total. The molecule has 3 heteroatoms. The van der Waals surface area contributed by atoms with Crippen molar-refractivity contribution in [3.8, 4) is 0 Å². The van der Waals surface area contributed by atoms with Crippen LogP contribution < -0.4 is 10.2 Å². The maximum atomic E-state index is 6.52. The van der Waals surface area contributed by atoms with Crippen molar-refractivity contribution in [2.75, 3.05) is 18.0 Å². The van der Waals surface area contributed by atoms with Crippen LogP contribution in [0.25, 0.3) is 0 Å². The van der Waals surface area contributed by atoms with Gasteiger partial charge in [-0.05, 0) is 63.3 Å². The minimum Gasteiger partial charge on any atom is -0.368 e. The van der Waals surface area contributed by atoms with Crippen LogP contribution in [-0.4, -0.2) is 19.1 Å². The second kappa shape index (κ2) is 7.33. The number of anilines is 1. The van der Waals surface area contributed by atoms with Crippen molar-refractivity contribution in [1.29, 1.82) is 0 Å². The SMILES string of the molecule is CCCNCc1ccc(N(CC2CC2)C(C)C)c(Cl)c1. The molecule has 0 radical (unpaired) electrons. The summed E-state index contributed by atoms with van der Waals surface area (Å²) in [5, 5.41) is 4.30. The average molecular weight is 295 g/mol. The van der Waals surface area contributed by atoms with Crippen LogP contribution in [0.4, 0.5) is 5.69 Å². The molecule has 2 rings (SSSR count). The van der Waals surface area contributed by atoms with E-state index in [0.29, 0.717) is 6.04 Å². The summed E-state index contributed by atoms with van der Waals surface area (Å²) in [7, 11) is 0. The lowest BCUT2D eigenvalue weighted by Crippen LogP contribution is -2.33. The molecule has 1 aliphatic carbocycles. The molecule has 1 aromatic carbocycles. The molecule has 1 aliphatic rings. The summed E-state index contributed by atoms with van der Waals surface area (Å²) in [6.07, 6.45) is 3.91. The van der Waals surface area contributed by atoms with E-state index in [1.165, 1.54) is 24.1 Å². The molecular weight excluding hydrogens is 268 g/mol. The van der Waals surface area contributed by atoms with Crippen molar-refractivity contribution < 1.29 is 0 Å². The summed E-state index contributed by atoms with van der Waals surface area (Å²) in [5.74, 6) is 0.874. The Bertz CT molecular complexity index is 427. The topological polar surface area (TPSA) is 15.3 Å². The Balaban J connectivity index is 2.05. The second-order valence-corrected chi connectivity index (χ2v) is 6.56. The molecule has 0 aromatic heterocycles. The number of benzene rings is 1. The van der Waals surface area contributed by atoms with Gasteiger partial charge in [0.2, 0.25) is 0 Å². The van der Waals surface area contributed by atoms with E-state index < -0.39 is 0 Å². The lowest BCUT2D eigenvalue weighted by Gasteiger charge is -2.30. The summed E-state index contributed by atoms with van der Waals surface area (Å²) in [6.45, 7) is 9.77. The van der Waals surface area contributed by atoms with E-state index in [0.717, 1.165) is 37.0 Å². The molecule has 0 saturated heterocycles. The quantitative estimate of drug-likeness (QED) is 0.712. The van der Waals surface area contributed by atoms with Crippen LogP contribution in [0.5, 0.6) is 0 Å². The third-order valence-electron chi connectivity index (χ3n) is 3.85. The zero-order valence-corrected chi connectivity index (χ0v) is 13.7. The molecule has 112 valence electrons. The van der Waals surface area contributed by atoms with Crippen LogP contribution in [0.2, 0.25) is 5.02 Å². The summed E-state index contributed by atoms with van der Waals surface area (Å²) >= 11 is 6.52. The number of hydrogen-bond donors (Lipinski definition) is 1. The third kappa shape index (κ3) is 4.39. The molecule has 0 heterocycles. The van der Waals surface area contributed by atoms with Crippen LogP contribution in [0.1, 0.15) is 45.6 Å². The first-order valence-electron chi connectivity index (χ1n) is 7.87. The lowest BCUT2D eigenvalue weighted by atomic mass is 10.1. The molecule has 1 saturated carbocycles. The third-order valence-corrected chi connectivity index (χ3v) is 4.16. The summed E-state index contributed by atoms with van der Waals surface area (Å²) < 4.78 is 0. The highest BCUT2D eigenvalue weighted by Crippen LogP contribution is 2.35. The molecule has 1 N–H and O–H groups in total. The number of hydrogen-bond acceptors (Lipinski definition) is 2. The highest BCUT2D eigenvalue weighted by Gasteiger charge is 2.26. The fourth-order valence-corrected chi connectivity index (χ4v) is 2.78. The summed E-state index contributed by atoms with van der Waals surface area (Å²) in [5.41, 5.74) is 2.45. The molecule has 0 amide bonds. The van der Waals surface area contributed by atoms with E-state index in [1.807, 2.05) is 0 Å². The van der Waals surface area contributed by atoms with E-state index in [1.54, 1.807) is 0 Å². The van der Waals surface area contributed by atoms with Gasteiger partial charge in [0.15, 0.2) is 0 Å². The van der Waals surface area contributed by atoms with E-state index in [2.05, 4.69) is 49.2 Å². The van der Waals surface area contributed by atoms with Crippen molar-refractivity contribution in [2.24, 2.45) is 5.92 Å². The van der Waals surface area contributed by atoms with E-state index >= 15 is 0 Å². The van der Waals surface area contributed by atoms with Crippen LogP contribution in [0, 0.1) is 5.92 Å². The minimum atomic E-state index is 0.497. The summed E-state index contributed by atoms with van der Waals surface area (Å²) in [6, 6.07) is 7.00. The van der Waals surface area contributed by atoms with Crippen molar-refractivity contribution in [2.45, 2.75) is 52.6 Å². The monoisotopic (exact) mass is 294 g/mol. The highest BCUT2D eigenvalue weighted by atomic mass is 35.5. The Morgan fingerprint density at radius 3 is 2.65 bits per heavy atom. The fourth-order valence-electron chi connectivity index (χ4n) is 2.47. The molecule has 0 spiro atoms. The lowest BCUT2D eigenvalue weighted by molar-refractivity contribution is 0.644. The van der Waals surface area contributed by atoms with Gasteiger partial charge in [-0.15, -0.1) is 0 Å². The standard InChI is InChI=1S/C17H27ClN2/c1-4-9-19-11-15-7-8-17(16(18)10-15)20(13(2)3)12-14-5-6-14/h7-8,10,13-14,19H,4-6,9,11-12H2,1-3H3. The number of nitrogens with zero attached hydrogens (tertiary/aromatic N) is 1.